The van der Waals surface area contributed by atoms with Crippen molar-refractivity contribution in [3.05, 3.63) is 29.0 Å². The van der Waals surface area contributed by atoms with Crippen molar-refractivity contribution in [3.63, 3.8) is 0 Å². The number of hydrogen-bond donors (Lipinski definition) is 1. The zero-order valence-corrected chi connectivity index (χ0v) is 11.8. The number of carbonyl (C=O) groups excluding carboxylic acids is 2. The average Bonchev–Trinajstić information content (AvgIpc) is 2.30. The standard InChI is InChI=1S/C13H16ClFN2O2/c1-8(2)17(9(3)18)7-13(19)16-10-4-5-12(15)11(14)6-10/h4-6,8H,7H2,1-3H3,(H,16,19). The van der Waals surface area contributed by atoms with Gasteiger partial charge in [-0.2, -0.15) is 0 Å². The molecule has 0 aliphatic carbocycles. The molecule has 1 rings (SSSR count). The van der Waals surface area contributed by atoms with E-state index in [4.69, 9.17) is 11.6 Å². The van der Waals surface area contributed by atoms with Crippen molar-refractivity contribution in [2.75, 3.05) is 11.9 Å². The van der Waals surface area contributed by atoms with E-state index in [9.17, 15) is 14.0 Å². The third-order valence-electron chi connectivity index (χ3n) is 2.55. The molecule has 0 heterocycles. The Morgan fingerprint density at radius 1 is 1.42 bits per heavy atom. The molecule has 1 N–H and O–H groups in total. The monoisotopic (exact) mass is 286 g/mol. The van der Waals surface area contributed by atoms with Crippen molar-refractivity contribution in [2.45, 2.75) is 26.8 Å². The van der Waals surface area contributed by atoms with Gasteiger partial charge in [0.15, 0.2) is 0 Å². The lowest BCUT2D eigenvalue weighted by Crippen LogP contribution is -2.41. The lowest BCUT2D eigenvalue weighted by molar-refractivity contribution is -0.134. The van der Waals surface area contributed by atoms with Gasteiger partial charge in [-0.1, -0.05) is 11.6 Å². The molecular weight excluding hydrogens is 271 g/mol. The van der Waals surface area contributed by atoms with Crippen LogP contribution in [0.1, 0.15) is 20.8 Å². The molecular formula is C13H16ClFN2O2. The lowest BCUT2D eigenvalue weighted by Gasteiger charge is -2.24. The Morgan fingerprint density at radius 3 is 2.53 bits per heavy atom. The second-order valence-corrected chi connectivity index (χ2v) is 4.82. The number of anilines is 1. The summed E-state index contributed by atoms with van der Waals surface area (Å²) in [4.78, 5) is 24.6. The number of benzene rings is 1. The molecule has 4 nitrogen and oxygen atoms in total. The van der Waals surface area contributed by atoms with E-state index in [1.165, 1.54) is 30.0 Å². The lowest BCUT2D eigenvalue weighted by atomic mass is 10.3. The predicted octanol–water partition coefficient (Wildman–Crippen LogP) is 2.67. The van der Waals surface area contributed by atoms with Crippen LogP contribution in [-0.4, -0.2) is 29.3 Å². The molecule has 0 aromatic heterocycles. The van der Waals surface area contributed by atoms with E-state index in [0.717, 1.165) is 0 Å². The Bertz CT molecular complexity index is 492. The molecule has 1 aromatic carbocycles. The Hall–Kier alpha value is -1.62. The van der Waals surface area contributed by atoms with Gasteiger partial charge in [0.05, 0.1) is 5.02 Å². The van der Waals surface area contributed by atoms with Gasteiger partial charge < -0.3 is 10.2 Å². The van der Waals surface area contributed by atoms with E-state index in [1.807, 2.05) is 13.8 Å². The zero-order valence-electron chi connectivity index (χ0n) is 11.0. The van der Waals surface area contributed by atoms with Crippen LogP contribution < -0.4 is 5.32 Å². The van der Waals surface area contributed by atoms with Gasteiger partial charge in [-0.15, -0.1) is 0 Å². The number of halogens is 2. The van der Waals surface area contributed by atoms with Crippen LogP contribution in [-0.2, 0) is 9.59 Å². The maximum absolute atomic E-state index is 13.0. The number of nitrogens with one attached hydrogen (secondary N) is 1. The molecule has 19 heavy (non-hydrogen) atoms. The highest BCUT2D eigenvalue weighted by Crippen LogP contribution is 2.19. The van der Waals surface area contributed by atoms with Crippen LogP contribution in [0.4, 0.5) is 10.1 Å². The van der Waals surface area contributed by atoms with Crippen molar-refractivity contribution < 1.29 is 14.0 Å². The minimum absolute atomic E-state index is 0.0536. The van der Waals surface area contributed by atoms with E-state index in [2.05, 4.69) is 5.32 Å². The fourth-order valence-corrected chi connectivity index (χ4v) is 1.77. The first-order valence-corrected chi connectivity index (χ1v) is 6.21. The van der Waals surface area contributed by atoms with E-state index >= 15 is 0 Å². The zero-order chi connectivity index (χ0) is 14.6. The molecule has 6 heteroatoms. The summed E-state index contributed by atoms with van der Waals surface area (Å²) in [5.41, 5.74) is 0.392. The summed E-state index contributed by atoms with van der Waals surface area (Å²) < 4.78 is 13.0. The van der Waals surface area contributed by atoms with Crippen molar-refractivity contribution in [1.29, 1.82) is 0 Å². The normalized spacial score (nSPS) is 10.4. The summed E-state index contributed by atoms with van der Waals surface area (Å²) in [6.45, 7) is 5.00. The highest BCUT2D eigenvalue weighted by molar-refractivity contribution is 6.31. The van der Waals surface area contributed by atoms with Gasteiger partial charge in [0.2, 0.25) is 11.8 Å². The van der Waals surface area contributed by atoms with Crippen LogP contribution in [0.25, 0.3) is 0 Å². The Balaban J connectivity index is 2.69. The summed E-state index contributed by atoms with van der Waals surface area (Å²) in [5.74, 6) is -1.08. The minimum atomic E-state index is -0.549. The average molecular weight is 287 g/mol. The number of nitrogens with zero attached hydrogens (tertiary/aromatic N) is 1. The molecule has 1 aromatic rings. The molecule has 0 saturated carbocycles. The molecule has 0 bridgehead atoms. The quantitative estimate of drug-likeness (QED) is 0.925. The summed E-state index contributed by atoms with van der Waals surface area (Å²) in [6.07, 6.45) is 0. The van der Waals surface area contributed by atoms with Crippen LogP contribution in [0.3, 0.4) is 0 Å². The highest BCUT2D eigenvalue weighted by Gasteiger charge is 2.16. The molecule has 0 spiro atoms. The SMILES string of the molecule is CC(=O)N(CC(=O)Nc1ccc(F)c(Cl)c1)C(C)C. The summed E-state index contributed by atoms with van der Waals surface area (Å²) in [6, 6.07) is 3.83. The van der Waals surface area contributed by atoms with Crippen molar-refractivity contribution in [3.8, 4) is 0 Å². The largest absolute Gasteiger partial charge is 0.331 e. The second kappa shape index (κ2) is 6.52. The van der Waals surface area contributed by atoms with E-state index in [-0.39, 0.29) is 29.4 Å². The van der Waals surface area contributed by atoms with E-state index in [1.54, 1.807) is 0 Å². The predicted molar refractivity (Wildman–Crippen MR) is 72.6 cm³/mol. The molecule has 0 saturated heterocycles. The first-order valence-electron chi connectivity index (χ1n) is 5.83. The third kappa shape index (κ3) is 4.52. The Kier molecular flexibility index (Phi) is 5.30. The van der Waals surface area contributed by atoms with E-state index < -0.39 is 5.82 Å². The number of rotatable bonds is 4. The van der Waals surface area contributed by atoms with Gasteiger partial charge >= 0.3 is 0 Å². The fourth-order valence-electron chi connectivity index (χ4n) is 1.59. The minimum Gasteiger partial charge on any atom is -0.331 e. The third-order valence-corrected chi connectivity index (χ3v) is 2.83. The van der Waals surface area contributed by atoms with Crippen LogP contribution in [0.2, 0.25) is 5.02 Å². The molecule has 0 aliphatic rings. The Labute approximate surface area is 116 Å². The van der Waals surface area contributed by atoms with Gasteiger partial charge in [-0.05, 0) is 32.0 Å². The van der Waals surface area contributed by atoms with Gasteiger partial charge in [0, 0.05) is 18.7 Å². The fraction of sp³-hybridized carbons (Fsp3) is 0.385. The van der Waals surface area contributed by atoms with Crippen LogP contribution in [0, 0.1) is 5.82 Å². The number of amides is 2. The molecule has 104 valence electrons. The maximum atomic E-state index is 13.0. The van der Waals surface area contributed by atoms with E-state index in [0.29, 0.717) is 5.69 Å². The van der Waals surface area contributed by atoms with Gasteiger partial charge in [0.1, 0.15) is 12.4 Å². The molecule has 0 aliphatic heterocycles. The van der Waals surface area contributed by atoms with Crippen molar-refractivity contribution in [2.24, 2.45) is 0 Å². The molecule has 0 fully saturated rings. The van der Waals surface area contributed by atoms with Crippen molar-refractivity contribution in [1.82, 2.24) is 4.90 Å². The summed E-state index contributed by atoms with van der Waals surface area (Å²) in [5, 5.41) is 2.50. The smallest absolute Gasteiger partial charge is 0.244 e. The summed E-state index contributed by atoms with van der Waals surface area (Å²) >= 11 is 5.61. The van der Waals surface area contributed by atoms with Crippen LogP contribution >= 0.6 is 11.6 Å². The van der Waals surface area contributed by atoms with Crippen LogP contribution in [0.5, 0.6) is 0 Å². The first kappa shape index (κ1) is 15.4. The van der Waals surface area contributed by atoms with Gasteiger partial charge in [-0.25, -0.2) is 4.39 Å². The molecule has 0 unspecified atom stereocenters. The van der Waals surface area contributed by atoms with Gasteiger partial charge in [-0.3, -0.25) is 9.59 Å². The van der Waals surface area contributed by atoms with Crippen LogP contribution in [0.15, 0.2) is 18.2 Å². The van der Waals surface area contributed by atoms with Crippen molar-refractivity contribution >= 4 is 29.1 Å². The molecule has 0 atom stereocenters. The highest BCUT2D eigenvalue weighted by atomic mass is 35.5. The number of carbonyl (C=O) groups is 2. The molecule has 0 radical (unpaired) electrons. The topological polar surface area (TPSA) is 49.4 Å². The second-order valence-electron chi connectivity index (χ2n) is 4.42. The Morgan fingerprint density at radius 2 is 2.05 bits per heavy atom. The summed E-state index contributed by atoms with van der Waals surface area (Å²) in [7, 11) is 0. The molecule has 2 amide bonds. The maximum Gasteiger partial charge on any atom is 0.244 e. The van der Waals surface area contributed by atoms with Gasteiger partial charge in [0.25, 0.3) is 0 Å². The number of hydrogen-bond acceptors (Lipinski definition) is 2. The first-order chi connectivity index (χ1) is 8.81.